The number of ether oxygens (including phenoxy) is 2. The zero-order valence-corrected chi connectivity index (χ0v) is 13.0. The van der Waals surface area contributed by atoms with Crippen molar-refractivity contribution in [2.45, 2.75) is 13.3 Å². The third kappa shape index (κ3) is 5.61. The van der Waals surface area contributed by atoms with Crippen molar-refractivity contribution in [3.63, 3.8) is 0 Å². The van der Waals surface area contributed by atoms with Crippen molar-refractivity contribution < 1.29 is 23.9 Å². The molecular formula is C14H17ClN2O5. The number of rotatable bonds is 6. The van der Waals surface area contributed by atoms with Gasteiger partial charge in [0.05, 0.1) is 7.11 Å². The van der Waals surface area contributed by atoms with Crippen molar-refractivity contribution in [3.05, 3.63) is 28.8 Å². The van der Waals surface area contributed by atoms with Gasteiger partial charge in [-0.3, -0.25) is 10.1 Å². The molecule has 0 aromatic heterocycles. The topological polar surface area (TPSA) is 93.7 Å². The normalized spacial score (nSPS) is 9.77. The molecule has 0 aliphatic heterocycles. The molecule has 0 aliphatic rings. The molecule has 1 aromatic rings. The fourth-order valence-electron chi connectivity index (χ4n) is 1.49. The summed E-state index contributed by atoms with van der Waals surface area (Å²) in [7, 11) is 1.39. The Labute approximate surface area is 132 Å². The van der Waals surface area contributed by atoms with Crippen LogP contribution < -0.4 is 15.4 Å². The molecule has 8 heteroatoms. The number of benzene rings is 1. The molecule has 1 aromatic carbocycles. The van der Waals surface area contributed by atoms with Crippen molar-refractivity contribution >= 4 is 29.5 Å². The van der Waals surface area contributed by atoms with Crippen LogP contribution in [-0.2, 0) is 9.53 Å². The zero-order valence-electron chi connectivity index (χ0n) is 12.3. The number of esters is 1. The molecule has 3 amide bonds. The molecule has 0 radical (unpaired) electrons. The lowest BCUT2D eigenvalue weighted by atomic mass is 10.2. The van der Waals surface area contributed by atoms with Crippen molar-refractivity contribution in [2.24, 2.45) is 0 Å². The first kappa shape index (κ1) is 17.8. The molecule has 0 spiro atoms. The Kier molecular flexibility index (Phi) is 7.18. The van der Waals surface area contributed by atoms with Gasteiger partial charge in [0.2, 0.25) is 0 Å². The Morgan fingerprint density at radius 2 is 2.00 bits per heavy atom. The Bertz CT molecular complexity index is 562. The summed E-state index contributed by atoms with van der Waals surface area (Å²) in [6.45, 7) is 1.73. The fourth-order valence-corrected chi connectivity index (χ4v) is 1.67. The number of amides is 3. The third-order valence-corrected chi connectivity index (χ3v) is 2.74. The molecular weight excluding hydrogens is 312 g/mol. The Morgan fingerprint density at radius 1 is 1.27 bits per heavy atom. The van der Waals surface area contributed by atoms with Crippen LogP contribution >= 0.6 is 11.6 Å². The van der Waals surface area contributed by atoms with Crippen LogP contribution in [0, 0.1) is 0 Å². The van der Waals surface area contributed by atoms with E-state index in [1.165, 1.54) is 19.2 Å². The second-order valence-corrected chi connectivity index (χ2v) is 4.66. The summed E-state index contributed by atoms with van der Waals surface area (Å²) in [5.74, 6) is -1.23. The molecule has 7 nitrogen and oxygen atoms in total. The maximum absolute atomic E-state index is 11.9. The lowest BCUT2D eigenvalue weighted by molar-refractivity contribution is -0.123. The summed E-state index contributed by atoms with van der Waals surface area (Å²) in [6.07, 6.45) is 0.741. The summed E-state index contributed by atoms with van der Waals surface area (Å²) in [5.41, 5.74) is 0.0956. The molecule has 0 bridgehead atoms. The molecule has 0 saturated carbocycles. The molecule has 1 rings (SSSR count). The van der Waals surface area contributed by atoms with Crippen LogP contribution in [-0.4, -0.2) is 38.2 Å². The van der Waals surface area contributed by atoms with E-state index < -0.39 is 24.5 Å². The van der Waals surface area contributed by atoms with E-state index in [2.05, 4.69) is 5.32 Å². The van der Waals surface area contributed by atoms with Gasteiger partial charge in [-0.1, -0.05) is 18.5 Å². The monoisotopic (exact) mass is 328 g/mol. The molecule has 0 unspecified atom stereocenters. The number of hydrogen-bond acceptors (Lipinski definition) is 5. The van der Waals surface area contributed by atoms with Gasteiger partial charge in [-0.2, -0.15) is 0 Å². The van der Waals surface area contributed by atoms with Gasteiger partial charge in [-0.25, -0.2) is 9.59 Å². The minimum atomic E-state index is -0.775. The van der Waals surface area contributed by atoms with E-state index in [1.807, 2.05) is 12.2 Å². The van der Waals surface area contributed by atoms with Gasteiger partial charge in [0, 0.05) is 11.6 Å². The quantitative estimate of drug-likeness (QED) is 0.776. The van der Waals surface area contributed by atoms with Crippen LogP contribution in [0.3, 0.4) is 0 Å². The standard InChI is InChI=1S/C14H17ClN2O5/c1-3-6-16-14(20)17-12(18)8-22-13(19)10-7-9(15)4-5-11(10)21-2/h4-5,7H,3,6,8H2,1-2H3,(H2,16,17,18,20). The van der Waals surface area contributed by atoms with Crippen molar-refractivity contribution in [1.82, 2.24) is 10.6 Å². The second-order valence-electron chi connectivity index (χ2n) is 4.22. The number of carbonyl (C=O) groups excluding carboxylic acids is 3. The van der Waals surface area contributed by atoms with Crippen molar-refractivity contribution in [3.8, 4) is 5.75 Å². The number of urea groups is 1. The van der Waals surface area contributed by atoms with E-state index in [-0.39, 0.29) is 11.3 Å². The maximum atomic E-state index is 11.9. The molecule has 0 saturated heterocycles. The van der Waals surface area contributed by atoms with Gasteiger partial charge in [-0.05, 0) is 24.6 Å². The Morgan fingerprint density at radius 3 is 2.64 bits per heavy atom. The molecule has 22 heavy (non-hydrogen) atoms. The number of imide groups is 1. The Hall–Kier alpha value is -2.28. The van der Waals surface area contributed by atoms with E-state index in [4.69, 9.17) is 21.1 Å². The smallest absolute Gasteiger partial charge is 0.342 e. The Balaban J connectivity index is 2.54. The van der Waals surface area contributed by atoms with E-state index in [0.717, 1.165) is 6.42 Å². The average molecular weight is 329 g/mol. The van der Waals surface area contributed by atoms with Gasteiger partial charge in [0.15, 0.2) is 6.61 Å². The average Bonchev–Trinajstić information content (AvgIpc) is 2.50. The molecule has 0 atom stereocenters. The largest absolute Gasteiger partial charge is 0.496 e. The molecule has 120 valence electrons. The highest BCUT2D eigenvalue weighted by molar-refractivity contribution is 6.31. The fraction of sp³-hybridized carbons (Fsp3) is 0.357. The van der Waals surface area contributed by atoms with Crippen LogP contribution in [0.4, 0.5) is 4.79 Å². The minimum absolute atomic E-state index is 0.0956. The first-order valence-electron chi connectivity index (χ1n) is 6.56. The van der Waals surface area contributed by atoms with Gasteiger partial charge in [0.1, 0.15) is 11.3 Å². The highest BCUT2D eigenvalue weighted by Crippen LogP contribution is 2.23. The zero-order chi connectivity index (χ0) is 16.5. The first-order valence-corrected chi connectivity index (χ1v) is 6.94. The first-order chi connectivity index (χ1) is 10.5. The highest BCUT2D eigenvalue weighted by Gasteiger charge is 2.16. The van der Waals surface area contributed by atoms with Gasteiger partial charge in [-0.15, -0.1) is 0 Å². The van der Waals surface area contributed by atoms with Crippen LogP contribution in [0.5, 0.6) is 5.75 Å². The summed E-state index contributed by atoms with van der Waals surface area (Å²) < 4.78 is 9.84. The lowest BCUT2D eigenvalue weighted by Crippen LogP contribution is -2.41. The van der Waals surface area contributed by atoms with E-state index in [1.54, 1.807) is 6.07 Å². The van der Waals surface area contributed by atoms with Crippen LogP contribution in [0.2, 0.25) is 5.02 Å². The number of nitrogens with one attached hydrogen (secondary N) is 2. The summed E-state index contributed by atoms with van der Waals surface area (Å²) in [4.78, 5) is 34.6. The summed E-state index contributed by atoms with van der Waals surface area (Å²) in [5, 5.41) is 4.83. The van der Waals surface area contributed by atoms with Crippen LogP contribution in [0.25, 0.3) is 0 Å². The van der Waals surface area contributed by atoms with Gasteiger partial charge < -0.3 is 14.8 Å². The predicted octanol–water partition coefficient (Wildman–Crippen LogP) is 1.74. The van der Waals surface area contributed by atoms with Gasteiger partial charge in [0.25, 0.3) is 5.91 Å². The van der Waals surface area contributed by atoms with Crippen molar-refractivity contribution in [1.29, 1.82) is 0 Å². The lowest BCUT2D eigenvalue weighted by Gasteiger charge is -2.09. The minimum Gasteiger partial charge on any atom is -0.496 e. The third-order valence-electron chi connectivity index (χ3n) is 2.50. The number of carbonyl (C=O) groups is 3. The van der Waals surface area contributed by atoms with E-state index in [9.17, 15) is 14.4 Å². The van der Waals surface area contributed by atoms with Gasteiger partial charge >= 0.3 is 12.0 Å². The predicted molar refractivity (Wildman–Crippen MR) is 80.1 cm³/mol. The van der Waals surface area contributed by atoms with Crippen LogP contribution in [0.1, 0.15) is 23.7 Å². The molecule has 0 heterocycles. The number of methoxy groups -OCH3 is 1. The summed E-state index contributed by atoms with van der Waals surface area (Å²) in [6, 6.07) is 3.80. The SMILES string of the molecule is CCCNC(=O)NC(=O)COC(=O)c1cc(Cl)ccc1OC. The molecule has 0 aliphatic carbocycles. The van der Waals surface area contributed by atoms with Crippen molar-refractivity contribution in [2.75, 3.05) is 20.3 Å². The number of halogens is 1. The highest BCUT2D eigenvalue weighted by atomic mass is 35.5. The second kappa shape index (κ2) is 8.89. The molecule has 2 N–H and O–H groups in total. The van der Waals surface area contributed by atoms with E-state index >= 15 is 0 Å². The number of hydrogen-bond donors (Lipinski definition) is 2. The maximum Gasteiger partial charge on any atom is 0.342 e. The molecule has 0 fully saturated rings. The van der Waals surface area contributed by atoms with Crippen LogP contribution in [0.15, 0.2) is 18.2 Å². The van der Waals surface area contributed by atoms with E-state index in [0.29, 0.717) is 11.6 Å². The summed E-state index contributed by atoms with van der Waals surface area (Å²) >= 11 is 5.80.